The fourth-order valence-electron chi connectivity index (χ4n) is 2.36. The Morgan fingerprint density at radius 1 is 0.636 bits per heavy atom. The fraction of sp³-hybridized carbons (Fsp3) is 0.0400. The molecular weight excluding hydrogens is 428 g/mol. The van der Waals surface area contributed by atoms with Crippen molar-refractivity contribution >= 4 is 29.5 Å². The molecule has 0 saturated carbocycles. The minimum atomic E-state index is -0.758. The van der Waals surface area contributed by atoms with Gasteiger partial charge in [0, 0.05) is 24.3 Å². The van der Waals surface area contributed by atoms with Crippen LogP contribution in [0.4, 0.5) is 0 Å². The molecule has 0 aromatic heterocycles. The van der Waals surface area contributed by atoms with Gasteiger partial charge in [0.2, 0.25) is 0 Å². The highest BCUT2D eigenvalue weighted by molar-refractivity contribution is 5.93. The van der Waals surface area contributed by atoms with Gasteiger partial charge in [0.25, 0.3) is 0 Å². The largest absolute Gasteiger partial charge is 0.423 e. The second-order valence-corrected chi connectivity index (χ2v) is 6.26. The number of allylic oxidation sites excluding steroid dienone is 1. The lowest BCUT2D eigenvalue weighted by molar-refractivity contribution is -0.131. The number of rotatable bonds is 9. The van der Waals surface area contributed by atoms with Crippen LogP contribution in [-0.4, -0.2) is 23.9 Å². The molecule has 0 aliphatic rings. The molecule has 0 bridgehead atoms. The molecule has 0 spiro atoms. The van der Waals surface area contributed by atoms with Crippen LogP contribution in [0.15, 0.2) is 86.5 Å². The van der Waals surface area contributed by atoms with Crippen LogP contribution in [0, 0.1) is 0 Å². The molecule has 0 radical (unpaired) electrons. The third-order valence-electron chi connectivity index (χ3n) is 3.92. The van der Waals surface area contributed by atoms with Crippen molar-refractivity contribution in [1.29, 1.82) is 0 Å². The third kappa shape index (κ3) is 7.48. The number of hydrogen-bond donors (Lipinski definition) is 0. The van der Waals surface area contributed by atoms with Crippen LogP contribution in [0.2, 0.25) is 0 Å². The first-order valence-electron chi connectivity index (χ1n) is 9.43. The second kappa shape index (κ2) is 11.6. The maximum atomic E-state index is 12.3. The van der Waals surface area contributed by atoms with Crippen molar-refractivity contribution in [2.75, 3.05) is 0 Å². The van der Waals surface area contributed by atoms with Gasteiger partial charge in [0.15, 0.2) is 11.5 Å². The Bertz CT molecular complexity index is 1140. The zero-order valence-corrected chi connectivity index (χ0v) is 17.7. The summed E-state index contributed by atoms with van der Waals surface area (Å²) in [6, 6.07) is 10.3. The van der Waals surface area contributed by atoms with Crippen molar-refractivity contribution in [3.8, 4) is 23.0 Å². The van der Waals surface area contributed by atoms with Gasteiger partial charge in [-0.3, -0.25) is 0 Å². The first-order chi connectivity index (χ1) is 15.7. The van der Waals surface area contributed by atoms with E-state index in [1.807, 2.05) is 0 Å². The van der Waals surface area contributed by atoms with Crippen LogP contribution >= 0.6 is 0 Å². The van der Waals surface area contributed by atoms with Gasteiger partial charge < -0.3 is 18.9 Å². The molecule has 0 unspecified atom stereocenters. The van der Waals surface area contributed by atoms with Gasteiger partial charge in [0.1, 0.15) is 11.5 Å². The SMILES string of the molecule is C=CC(=O)Oc1ccc(OC(=O)/C=C(\C)c2ccc(OC(=O)C=C)c(OC(=O)C=C)c2)cc1. The lowest BCUT2D eigenvalue weighted by Crippen LogP contribution is -2.09. The molecule has 168 valence electrons. The third-order valence-corrected chi connectivity index (χ3v) is 3.92. The summed E-state index contributed by atoms with van der Waals surface area (Å²) in [5.74, 6) is -2.33. The van der Waals surface area contributed by atoms with Gasteiger partial charge in [0.05, 0.1) is 0 Å². The molecule has 8 nitrogen and oxygen atoms in total. The lowest BCUT2D eigenvalue weighted by Gasteiger charge is -2.11. The highest BCUT2D eigenvalue weighted by Crippen LogP contribution is 2.31. The number of esters is 4. The summed E-state index contributed by atoms with van der Waals surface area (Å²) in [4.78, 5) is 46.6. The summed E-state index contributed by atoms with van der Waals surface area (Å²) in [5.41, 5.74) is 0.984. The topological polar surface area (TPSA) is 105 Å². The standard InChI is InChI=1S/C25H20O8/c1-5-22(26)30-18-9-11-19(12-10-18)31-25(29)14-16(4)17-8-13-20(32-23(27)6-2)21(15-17)33-24(28)7-3/h5-15H,1-3H2,4H3/b16-14+. The van der Waals surface area contributed by atoms with E-state index in [0.717, 1.165) is 18.2 Å². The molecule has 0 N–H and O–H groups in total. The highest BCUT2D eigenvalue weighted by Gasteiger charge is 2.14. The Labute approximate surface area is 190 Å². The minimum Gasteiger partial charge on any atom is -0.423 e. The van der Waals surface area contributed by atoms with Crippen LogP contribution in [0.25, 0.3) is 5.57 Å². The molecule has 0 aliphatic carbocycles. The van der Waals surface area contributed by atoms with Gasteiger partial charge in [-0.2, -0.15) is 0 Å². The number of ether oxygens (including phenoxy) is 4. The van der Waals surface area contributed by atoms with Crippen LogP contribution in [0.5, 0.6) is 23.0 Å². The average molecular weight is 448 g/mol. The van der Waals surface area contributed by atoms with Gasteiger partial charge in [-0.1, -0.05) is 25.8 Å². The summed E-state index contributed by atoms with van der Waals surface area (Å²) in [7, 11) is 0. The monoisotopic (exact) mass is 448 g/mol. The first kappa shape index (κ1) is 24.5. The van der Waals surface area contributed by atoms with Gasteiger partial charge in [-0.25, -0.2) is 19.2 Å². The minimum absolute atomic E-state index is 0.00790. The Hall–Kier alpha value is -4.72. The van der Waals surface area contributed by atoms with Crippen molar-refractivity contribution in [2.24, 2.45) is 0 Å². The van der Waals surface area contributed by atoms with Gasteiger partial charge in [-0.05, 0) is 54.5 Å². The van der Waals surface area contributed by atoms with E-state index in [2.05, 4.69) is 19.7 Å². The predicted octanol–water partition coefficient (Wildman–Crippen LogP) is 3.97. The molecule has 0 amide bonds. The molecule has 2 aromatic carbocycles. The van der Waals surface area contributed by atoms with Crippen molar-refractivity contribution in [1.82, 2.24) is 0 Å². The summed E-state index contributed by atoms with van der Waals surface area (Å²) in [6.07, 6.45) is 4.18. The molecule has 2 rings (SSSR count). The summed E-state index contributed by atoms with van der Waals surface area (Å²) in [5, 5.41) is 0. The predicted molar refractivity (Wildman–Crippen MR) is 120 cm³/mol. The number of hydrogen-bond acceptors (Lipinski definition) is 8. The number of carbonyl (C=O) groups excluding carboxylic acids is 4. The summed E-state index contributed by atoms with van der Waals surface area (Å²) < 4.78 is 20.4. The van der Waals surface area contributed by atoms with E-state index in [0.29, 0.717) is 11.1 Å². The van der Waals surface area contributed by atoms with E-state index in [4.69, 9.17) is 18.9 Å². The van der Waals surface area contributed by atoms with Gasteiger partial charge in [-0.15, -0.1) is 0 Å². The van der Waals surface area contributed by atoms with Crippen molar-refractivity contribution in [3.63, 3.8) is 0 Å². The van der Waals surface area contributed by atoms with E-state index in [1.54, 1.807) is 13.0 Å². The van der Waals surface area contributed by atoms with Gasteiger partial charge >= 0.3 is 23.9 Å². The molecule has 8 heteroatoms. The lowest BCUT2D eigenvalue weighted by atomic mass is 10.1. The maximum Gasteiger partial charge on any atom is 0.336 e. The molecule has 0 aliphatic heterocycles. The molecule has 0 saturated heterocycles. The van der Waals surface area contributed by atoms with Crippen LogP contribution in [0.1, 0.15) is 12.5 Å². The van der Waals surface area contributed by atoms with E-state index < -0.39 is 23.9 Å². The molecular formula is C25H20O8. The van der Waals surface area contributed by atoms with E-state index in [-0.39, 0.29) is 23.0 Å². The molecule has 33 heavy (non-hydrogen) atoms. The van der Waals surface area contributed by atoms with Crippen molar-refractivity contribution in [3.05, 3.63) is 92.1 Å². The quantitative estimate of drug-likeness (QED) is 0.322. The van der Waals surface area contributed by atoms with Crippen molar-refractivity contribution in [2.45, 2.75) is 6.92 Å². The van der Waals surface area contributed by atoms with E-state index in [1.165, 1.54) is 42.5 Å². The Morgan fingerprint density at radius 2 is 1.09 bits per heavy atom. The number of benzene rings is 2. The first-order valence-corrected chi connectivity index (χ1v) is 9.43. The van der Waals surface area contributed by atoms with Crippen molar-refractivity contribution < 1.29 is 38.1 Å². The number of carbonyl (C=O) groups is 4. The fourth-order valence-corrected chi connectivity index (χ4v) is 2.36. The zero-order valence-electron chi connectivity index (χ0n) is 17.7. The maximum absolute atomic E-state index is 12.3. The highest BCUT2D eigenvalue weighted by atomic mass is 16.6. The normalized spacial score (nSPS) is 10.4. The molecule has 0 atom stereocenters. The van der Waals surface area contributed by atoms with Crippen LogP contribution < -0.4 is 18.9 Å². The second-order valence-electron chi connectivity index (χ2n) is 6.26. The van der Waals surface area contributed by atoms with Crippen LogP contribution in [-0.2, 0) is 19.2 Å². The van der Waals surface area contributed by atoms with E-state index >= 15 is 0 Å². The molecule has 0 fully saturated rings. The van der Waals surface area contributed by atoms with Crippen LogP contribution in [0.3, 0.4) is 0 Å². The summed E-state index contributed by atoms with van der Waals surface area (Å²) >= 11 is 0. The average Bonchev–Trinajstić information content (AvgIpc) is 2.80. The molecule has 0 heterocycles. The Morgan fingerprint density at radius 3 is 1.61 bits per heavy atom. The Kier molecular flexibility index (Phi) is 8.64. The molecule has 2 aromatic rings. The smallest absolute Gasteiger partial charge is 0.336 e. The Balaban J connectivity index is 2.18. The zero-order chi connectivity index (χ0) is 24.4. The summed E-state index contributed by atoms with van der Waals surface area (Å²) in [6.45, 7) is 11.6. The van der Waals surface area contributed by atoms with E-state index in [9.17, 15) is 19.2 Å².